The average Bonchev–Trinajstić information content (AvgIpc) is 2.56. The van der Waals surface area contributed by atoms with Gasteiger partial charge in [0.05, 0.1) is 4.92 Å². The number of benzene rings is 2. The lowest BCUT2D eigenvalue weighted by Gasteiger charge is -2.07. The Labute approximate surface area is 139 Å². The van der Waals surface area contributed by atoms with Gasteiger partial charge in [-0.2, -0.15) is 0 Å². The lowest BCUT2D eigenvalue weighted by molar-refractivity contribution is -0.384. The van der Waals surface area contributed by atoms with E-state index in [1.54, 1.807) is 11.8 Å². The third-order valence-corrected chi connectivity index (χ3v) is 4.14. The highest BCUT2D eigenvalue weighted by Gasteiger charge is 2.09. The van der Waals surface area contributed by atoms with E-state index in [9.17, 15) is 14.9 Å². The largest absolute Gasteiger partial charge is 0.385 e. The molecule has 1 N–H and O–H groups in total. The summed E-state index contributed by atoms with van der Waals surface area (Å²) in [6.07, 6.45) is 0.337. The second-order valence-corrected chi connectivity index (χ2v) is 6.20. The van der Waals surface area contributed by atoms with E-state index >= 15 is 0 Å². The number of carbonyl (C=O) groups excluding carboxylic acids is 1. The van der Waals surface area contributed by atoms with Crippen LogP contribution in [-0.2, 0) is 0 Å². The van der Waals surface area contributed by atoms with Crippen molar-refractivity contribution in [1.29, 1.82) is 0 Å². The molecule has 2 aromatic carbocycles. The zero-order valence-electron chi connectivity index (χ0n) is 12.8. The van der Waals surface area contributed by atoms with Crippen molar-refractivity contribution < 1.29 is 9.72 Å². The third kappa shape index (κ3) is 5.10. The van der Waals surface area contributed by atoms with Crippen LogP contribution in [0, 0.1) is 10.1 Å². The summed E-state index contributed by atoms with van der Waals surface area (Å²) < 4.78 is 0. The highest BCUT2D eigenvalue weighted by atomic mass is 32.2. The first kappa shape index (κ1) is 17.0. The molecule has 2 rings (SSSR count). The molecule has 0 unspecified atom stereocenters. The van der Waals surface area contributed by atoms with Crippen LogP contribution in [0.15, 0.2) is 53.4 Å². The Balaban J connectivity index is 1.83. The highest BCUT2D eigenvalue weighted by molar-refractivity contribution is 7.99. The van der Waals surface area contributed by atoms with E-state index in [1.165, 1.54) is 29.2 Å². The average molecular weight is 330 g/mol. The van der Waals surface area contributed by atoms with E-state index in [1.807, 2.05) is 12.1 Å². The van der Waals surface area contributed by atoms with E-state index in [-0.39, 0.29) is 11.5 Å². The van der Waals surface area contributed by atoms with Crippen LogP contribution >= 0.6 is 11.8 Å². The Hall–Kier alpha value is -2.34. The number of carbonyl (C=O) groups is 1. The van der Waals surface area contributed by atoms with Crippen LogP contribution in [0.2, 0.25) is 0 Å². The van der Waals surface area contributed by atoms with Crippen LogP contribution in [0.1, 0.15) is 23.7 Å². The fourth-order valence-corrected chi connectivity index (χ4v) is 2.73. The molecule has 0 spiro atoms. The molecule has 0 aliphatic carbocycles. The zero-order valence-corrected chi connectivity index (χ0v) is 13.6. The second kappa shape index (κ2) is 8.33. The SMILES string of the molecule is CCSc1ccc(NCCC(=O)c2ccc([N+](=O)[O-])cc2)cc1. The van der Waals surface area contributed by atoms with E-state index in [2.05, 4.69) is 24.4 Å². The van der Waals surface area contributed by atoms with Crippen molar-refractivity contribution in [3.8, 4) is 0 Å². The minimum Gasteiger partial charge on any atom is -0.385 e. The molecule has 5 nitrogen and oxygen atoms in total. The summed E-state index contributed by atoms with van der Waals surface area (Å²) in [6, 6.07) is 13.8. The number of nitro benzene ring substituents is 1. The summed E-state index contributed by atoms with van der Waals surface area (Å²) in [5.41, 5.74) is 1.46. The maximum absolute atomic E-state index is 12.0. The maximum Gasteiger partial charge on any atom is 0.269 e. The molecular formula is C17H18N2O3S. The van der Waals surface area contributed by atoms with Crippen molar-refractivity contribution in [2.75, 3.05) is 17.6 Å². The smallest absolute Gasteiger partial charge is 0.269 e. The summed E-state index contributed by atoms with van der Waals surface area (Å²) in [7, 11) is 0. The quantitative estimate of drug-likeness (QED) is 0.336. The van der Waals surface area contributed by atoms with Gasteiger partial charge in [0.25, 0.3) is 5.69 Å². The lowest BCUT2D eigenvalue weighted by Crippen LogP contribution is -2.08. The number of nitro groups is 1. The van der Waals surface area contributed by atoms with Crippen LogP contribution in [0.5, 0.6) is 0 Å². The van der Waals surface area contributed by atoms with Gasteiger partial charge < -0.3 is 5.32 Å². The van der Waals surface area contributed by atoms with Gasteiger partial charge in [0.2, 0.25) is 0 Å². The van der Waals surface area contributed by atoms with Gasteiger partial charge in [-0.1, -0.05) is 6.92 Å². The number of hydrogen-bond acceptors (Lipinski definition) is 5. The predicted octanol–water partition coefficient (Wildman–Crippen LogP) is 4.39. The Bertz CT molecular complexity index is 669. The molecule has 0 radical (unpaired) electrons. The highest BCUT2D eigenvalue weighted by Crippen LogP contribution is 2.20. The predicted molar refractivity (Wildman–Crippen MR) is 93.4 cm³/mol. The monoisotopic (exact) mass is 330 g/mol. The van der Waals surface area contributed by atoms with Gasteiger partial charge in [0.15, 0.2) is 5.78 Å². The number of hydrogen-bond donors (Lipinski definition) is 1. The van der Waals surface area contributed by atoms with E-state index in [0.717, 1.165) is 11.4 Å². The molecule has 23 heavy (non-hydrogen) atoms. The molecule has 0 fully saturated rings. The normalized spacial score (nSPS) is 10.3. The molecular weight excluding hydrogens is 312 g/mol. The van der Waals surface area contributed by atoms with E-state index < -0.39 is 4.92 Å². The Morgan fingerprint density at radius 1 is 1.13 bits per heavy atom. The first-order chi connectivity index (χ1) is 11.1. The van der Waals surface area contributed by atoms with Crippen molar-refractivity contribution in [2.24, 2.45) is 0 Å². The van der Waals surface area contributed by atoms with Crippen LogP contribution < -0.4 is 5.32 Å². The molecule has 0 saturated heterocycles. The summed E-state index contributed by atoms with van der Waals surface area (Å²) in [5.74, 6) is 1.00. The molecule has 6 heteroatoms. The van der Waals surface area contributed by atoms with Crippen LogP contribution in [0.4, 0.5) is 11.4 Å². The fourth-order valence-electron chi connectivity index (χ4n) is 2.07. The van der Waals surface area contributed by atoms with Crippen molar-refractivity contribution in [1.82, 2.24) is 0 Å². The number of nitrogens with one attached hydrogen (secondary N) is 1. The number of thioether (sulfide) groups is 1. The molecule has 0 bridgehead atoms. The zero-order chi connectivity index (χ0) is 16.7. The maximum atomic E-state index is 12.0. The standard InChI is InChI=1S/C17H18N2O3S/c1-2-23-16-9-5-14(6-10-16)18-12-11-17(20)13-3-7-15(8-4-13)19(21)22/h3-10,18H,2,11-12H2,1H3. The summed E-state index contributed by atoms with van der Waals surface area (Å²) in [5, 5.41) is 13.8. The molecule has 2 aromatic rings. The number of nitrogens with zero attached hydrogens (tertiary/aromatic N) is 1. The van der Waals surface area contributed by atoms with Gasteiger partial charge in [0.1, 0.15) is 0 Å². The Morgan fingerprint density at radius 3 is 2.35 bits per heavy atom. The Kier molecular flexibility index (Phi) is 6.17. The second-order valence-electron chi connectivity index (χ2n) is 4.86. The van der Waals surface area contributed by atoms with Crippen LogP contribution in [0.3, 0.4) is 0 Å². The van der Waals surface area contributed by atoms with Crippen molar-refractivity contribution in [3.63, 3.8) is 0 Å². The minimum atomic E-state index is -0.476. The van der Waals surface area contributed by atoms with Gasteiger partial charge in [0, 0.05) is 41.2 Å². The minimum absolute atomic E-state index is 0.00952. The molecule has 0 aliphatic heterocycles. The lowest BCUT2D eigenvalue weighted by atomic mass is 10.1. The van der Waals surface area contributed by atoms with Crippen molar-refractivity contribution >= 4 is 28.9 Å². The van der Waals surface area contributed by atoms with E-state index in [4.69, 9.17) is 0 Å². The van der Waals surface area contributed by atoms with Crippen molar-refractivity contribution in [2.45, 2.75) is 18.2 Å². The summed E-state index contributed by atoms with van der Waals surface area (Å²) in [6.45, 7) is 2.64. The topological polar surface area (TPSA) is 72.2 Å². The van der Waals surface area contributed by atoms with Gasteiger partial charge in [-0.25, -0.2) is 0 Å². The number of anilines is 1. The number of Topliss-reactive ketones (excluding diaryl/α,β-unsaturated/α-hetero) is 1. The first-order valence-corrected chi connectivity index (χ1v) is 8.33. The number of ketones is 1. The molecule has 0 atom stereocenters. The first-order valence-electron chi connectivity index (χ1n) is 7.34. The molecule has 0 saturated carbocycles. The van der Waals surface area contributed by atoms with Gasteiger partial charge in [-0.15, -0.1) is 11.8 Å². The van der Waals surface area contributed by atoms with E-state index in [0.29, 0.717) is 18.5 Å². The third-order valence-electron chi connectivity index (χ3n) is 3.25. The fraction of sp³-hybridized carbons (Fsp3) is 0.235. The molecule has 0 amide bonds. The van der Waals surface area contributed by atoms with Crippen LogP contribution in [-0.4, -0.2) is 23.0 Å². The summed E-state index contributed by atoms with van der Waals surface area (Å²) in [4.78, 5) is 23.4. The van der Waals surface area contributed by atoms with Gasteiger partial charge in [-0.3, -0.25) is 14.9 Å². The molecule has 0 aliphatic rings. The van der Waals surface area contributed by atoms with Crippen LogP contribution in [0.25, 0.3) is 0 Å². The Morgan fingerprint density at radius 2 is 1.78 bits per heavy atom. The van der Waals surface area contributed by atoms with Crippen molar-refractivity contribution in [3.05, 3.63) is 64.2 Å². The molecule has 120 valence electrons. The number of rotatable bonds is 8. The van der Waals surface area contributed by atoms with Gasteiger partial charge in [-0.05, 0) is 42.2 Å². The molecule has 0 aromatic heterocycles. The summed E-state index contributed by atoms with van der Waals surface area (Å²) >= 11 is 1.78. The molecule has 0 heterocycles. The van der Waals surface area contributed by atoms with Gasteiger partial charge >= 0.3 is 0 Å². The number of non-ortho nitro benzene ring substituents is 1.